The van der Waals surface area contributed by atoms with Gasteiger partial charge in [0, 0.05) is 45.1 Å². The van der Waals surface area contributed by atoms with Gasteiger partial charge in [0.05, 0.1) is 0 Å². The highest BCUT2D eigenvalue weighted by atomic mass is 16.2. The number of hydrogen-bond acceptors (Lipinski definition) is 3. The fourth-order valence-electron chi connectivity index (χ4n) is 2.80. The second-order valence-electron chi connectivity index (χ2n) is 5.93. The van der Waals surface area contributed by atoms with Crippen molar-refractivity contribution in [2.24, 2.45) is 5.92 Å². The first-order chi connectivity index (χ1) is 10.6. The number of carbonyl (C=O) groups excluding carboxylic acids is 1. The number of nitrogens with zero attached hydrogens (tertiary/aromatic N) is 4. The Hall–Kier alpha value is -2.37. The second kappa shape index (κ2) is 6.17. The third-order valence-corrected chi connectivity index (χ3v) is 4.06. The molecule has 0 saturated carbocycles. The zero-order valence-electron chi connectivity index (χ0n) is 13.0. The molecule has 2 aromatic heterocycles. The van der Waals surface area contributed by atoms with Gasteiger partial charge in [0.1, 0.15) is 11.6 Å². The fourth-order valence-corrected chi connectivity index (χ4v) is 2.80. The van der Waals surface area contributed by atoms with Crippen LogP contribution < -0.4 is 5.32 Å². The molecule has 0 unspecified atom stereocenters. The van der Waals surface area contributed by atoms with Crippen molar-refractivity contribution in [3.05, 3.63) is 42.1 Å². The lowest BCUT2D eigenvalue weighted by Gasteiger charge is -2.28. The molecule has 0 aliphatic carbocycles. The molecular formula is C16H21N5O. The maximum atomic E-state index is 12.2. The van der Waals surface area contributed by atoms with Gasteiger partial charge in [-0.2, -0.15) is 0 Å². The highest BCUT2D eigenvalue weighted by Gasteiger charge is 2.21. The summed E-state index contributed by atoms with van der Waals surface area (Å²) in [5.74, 6) is 2.19. The zero-order chi connectivity index (χ0) is 15.5. The third-order valence-electron chi connectivity index (χ3n) is 4.06. The maximum absolute atomic E-state index is 12.2. The molecule has 6 heteroatoms. The summed E-state index contributed by atoms with van der Waals surface area (Å²) in [6.45, 7) is 3.63. The molecule has 2 amide bonds. The molecule has 2 aromatic rings. The van der Waals surface area contributed by atoms with Crippen molar-refractivity contribution in [1.29, 1.82) is 0 Å². The number of hydrogen-bond donors (Lipinski definition) is 1. The summed E-state index contributed by atoms with van der Waals surface area (Å²) >= 11 is 0. The Morgan fingerprint density at radius 3 is 3.09 bits per heavy atom. The standard InChI is InChI=1S/C16H21N5O/c1-12-3-5-14(18-9-12)19-16(22)20(2)10-13-4-6-15-17-7-8-21(15)11-13/h3,5,7-9,13H,4,6,10-11H2,1-2H3,(H,18,19,22)/t13-/m0/s1. The van der Waals surface area contributed by atoms with Gasteiger partial charge in [0.15, 0.2) is 0 Å². The largest absolute Gasteiger partial charge is 0.335 e. The molecule has 0 bridgehead atoms. The van der Waals surface area contributed by atoms with Crippen LogP contribution in [0, 0.1) is 12.8 Å². The molecule has 3 heterocycles. The lowest BCUT2D eigenvalue weighted by atomic mass is 9.99. The minimum atomic E-state index is -0.118. The fraction of sp³-hybridized carbons (Fsp3) is 0.438. The number of imidazole rings is 1. The number of nitrogens with one attached hydrogen (secondary N) is 1. The van der Waals surface area contributed by atoms with Gasteiger partial charge in [0.25, 0.3) is 0 Å². The number of fused-ring (bicyclic) bond motifs is 1. The van der Waals surface area contributed by atoms with Gasteiger partial charge in [-0.25, -0.2) is 14.8 Å². The van der Waals surface area contributed by atoms with E-state index in [0.717, 1.165) is 37.3 Å². The topological polar surface area (TPSA) is 63.1 Å². The molecule has 0 spiro atoms. The Morgan fingerprint density at radius 1 is 1.45 bits per heavy atom. The molecule has 0 aromatic carbocycles. The van der Waals surface area contributed by atoms with Crippen LogP contribution in [0.4, 0.5) is 10.6 Å². The van der Waals surface area contributed by atoms with Crippen LogP contribution in [0.2, 0.25) is 0 Å². The van der Waals surface area contributed by atoms with Crippen LogP contribution in [0.15, 0.2) is 30.7 Å². The van der Waals surface area contributed by atoms with E-state index in [1.165, 1.54) is 0 Å². The first-order valence-corrected chi connectivity index (χ1v) is 7.56. The highest BCUT2D eigenvalue weighted by Crippen LogP contribution is 2.19. The summed E-state index contributed by atoms with van der Waals surface area (Å²) in [5, 5.41) is 2.83. The molecule has 0 radical (unpaired) electrons. The average molecular weight is 299 g/mol. The number of pyridine rings is 1. The number of amides is 2. The molecule has 1 atom stereocenters. The third kappa shape index (κ3) is 3.27. The normalized spacial score (nSPS) is 16.9. The summed E-state index contributed by atoms with van der Waals surface area (Å²) in [4.78, 5) is 22.5. The van der Waals surface area contributed by atoms with E-state index < -0.39 is 0 Å². The first-order valence-electron chi connectivity index (χ1n) is 7.56. The molecule has 1 aliphatic rings. The molecule has 1 N–H and O–H groups in total. The van der Waals surface area contributed by atoms with Crippen LogP contribution in [-0.4, -0.2) is 39.1 Å². The lowest BCUT2D eigenvalue weighted by molar-refractivity contribution is 0.205. The summed E-state index contributed by atoms with van der Waals surface area (Å²) < 4.78 is 2.18. The van der Waals surface area contributed by atoms with Crippen molar-refractivity contribution in [2.75, 3.05) is 18.9 Å². The van der Waals surface area contributed by atoms with Crippen LogP contribution >= 0.6 is 0 Å². The van der Waals surface area contributed by atoms with Crippen LogP contribution in [0.5, 0.6) is 0 Å². The van der Waals surface area contributed by atoms with E-state index in [2.05, 4.69) is 19.9 Å². The van der Waals surface area contributed by atoms with Crippen LogP contribution in [0.25, 0.3) is 0 Å². The maximum Gasteiger partial charge on any atom is 0.322 e. The highest BCUT2D eigenvalue weighted by molar-refractivity contribution is 5.88. The monoisotopic (exact) mass is 299 g/mol. The van der Waals surface area contributed by atoms with E-state index >= 15 is 0 Å². The Balaban J connectivity index is 1.54. The van der Waals surface area contributed by atoms with Crippen LogP contribution in [-0.2, 0) is 13.0 Å². The Labute approximate surface area is 130 Å². The van der Waals surface area contributed by atoms with Gasteiger partial charge in [-0.05, 0) is 30.9 Å². The first kappa shape index (κ1) is 14.6. The Kier molecular flexibility index (Phi) is 4.09. The SMILES string of the molecule is Cc1ccc(NC(=O)N(C)C[C@@H]2CCc3nccn3C2)nc1. The number of aromatic nitrogens is 3. The van der Waals surface area contributed by atoms with Crippen molar-refractivity contribution < 1.29 is 4.79 Å². The number of rotatable bonds is 3. The molecular weight excluding hydrogens is 278 g/mol. The van der Waals surface area contributed by atoms with Crippen molar-refractivity contribution in [3.63, 3.8) is 0 Å². The summed E-state index contributed by atoms with van der Waals surface area (Å²) in [7, 11) is 1.83. The van der Waals surface area contributed by atoms with E-state index in [1.54, 1.807) is 11.1 Å². The number of urea groups is 1. The van der Waals surface area contributed by atoms with Crippen LogP contribution in [0.3, 0.4) is 0 Å². The van der Waals surface area contributed by atoms with Crippen molar-refractivity contribution in [2.45, 2.75) is 26.3 Å². The quantitative estimate of drug-likeness (QED) is 0.946. The van der Waals surface area contributed by atoms with Gasteiger partial charge < -0.3 is 9.47 Å². The number of carbonyl (C=O) groups is 1. The Bertz CT molecular complexity index is 649. The summed E-state index contributed by atoms with van der Waals surface area (Å²) in [6.07, 6.45) is 7.65. The molecule has 3 rings (SSSR count). The van der Waals surface area contributed by atoms with Gasteiger partial charge in [0.2, 0.25) is 0 Å². The molecule has 0 fully saturated rings. The van der Waals surface area contributed by atoms with E-state index in [1.807, 2.05) is 38.5 Å². The second-order valence-corrected chi connectivity index (χ2v) is 5.93. The van der Waals surface area contributed by atoms with Crippen LogP contribution in [0.1, 0.15) is 17.8 Å². The predicted octanol–water partition coefficient (Wildman–Crippen LogP) is 2.31. The minimum Gasteiger partial charge on any atom is -0.335 e. The molecule has 116 valence electrons. The smallest absolute Gasteiger partial charge is 0.322 e. The number of anilines is 1. The van der Waals surface area contributed by atoms with Gasteiger partial charge in [-0.15, -0.1) is 0 Å². The summed E-state index contributed by atoms with van der Waals surface area (Å²) in [5.41, 5.74) is 1.07. The van der Waals surface area contributed by atoms with Gasteiger partial charge in [-0.3, -0.25) is 5.32 Å². The van der Waals surface area contributed by atoms with Crippen molar-refractivity contribution in [1.82, 2.24) is 19.4 Å². The van der Waals surface area contributed by atoms with Crippen molar-refractivity contribution >= 4 is 11.8 Å². The molecule has 6 nitrogen and oxygen atoms in total. The van der Waals surface area contributed by atoms with Gasteiger partial charge in [-0.1, -0.05) is 6.07 Å². The zero-order valence-corrected chi connectivity index (χ0v) is 13.0. The summed E-state index contributed by atoms with van der Waals surface area (Å²) in [6, 6.07) is 3.64. The van der Waals surface area contributed by atoms with E-state index in [9.17, 15) is 4.79 Å². The number of aryl methyl sites for hydroxylation is 2. The van der Waals surface area contributed by atoms with Gasteiger partial charge >= 0.3 is 6.03 Å². The van der Waals surface area contributed by atoms with E-state index in [-0.39, 0.29) is 6.03 Å². The molecule has 1 aliphatic heterocycles. The molecule has 0 saturated heterocycles. The average Bonchev–Trinajstić information content (AvgIpc) is 2.97. The predicted molar refractivity (Wildman–Crippen MR) is 84.7 cm³/mol. The van der Waals surface area contributed by atoms with Crippen molar-refractivity contribution in [3.8, 4) is 0 Å². The van der Waals surface area contributed by atoms with E-state index in [0.29, 0.717) is 11.7 Å². The van der Waals surface area contributed by atoms with E-state index in [4.69, 9.17) is 0 Å². The lowest BCUT2D eigenvalue weighted by Crippen LogP contribution is -2.38. The minimum absolute atomic E-state index is 0.118. The Morgan fingerprint density at radius 2 is 2.32 bits per heavy atom. The molecule has 22 heavy (non-hydrogen) atoms.